The molecule has 0 aromatic carbocycles. The lowest BCUT2D eigenvalue weighted by Crippen LogP contribution is -2.32. The summed E-state index contributed by atoms with van der Waals surface area (Å²) in [4.78, 5) is 1.34. The summed E-state index contributed by atoms with van der Waals surface area (Å²) in [7, 11) is 0. The number of amidine groups is 1. The van der Waals surface area contributed by atoms with Gasteiger partial charge in [-0.2, -0.15) is 0 Å². The Kier molecular flexibility index (Phi) is 5.79. The zero-order valence-electron chi connectivity index (χ0n) is 9.11. The first kappa shape index (κ1) is 13.5. The van der Waals surface area contributed by atoms with E-state index >= 15 is 0 Å². The van der Waals surface area contributed by atoms with Gasteiger partial charge in [-0.3, -0.25) is 0 Å². The second kappa shape index (κ2) is 6.88. The van der Waals surface area contributed by atoms with Crippen molar-refractivity contribution in [3.63, 3.8) is 0 Å². The van der Waals surface area contributed by atoms with Crippen LogP contribution < -0.4 is 11.1 Å². The van der Waals surface area contributed by atoms with Gasteiger partial charge in [-0.25, -0.2) is 0 Å². The third kappa shape index (κ3) is 4.51. The van der Waals surface area contributed by atoms with Crippen LogP contribution in [0, 0.1) is 5.92 Å². The van der Waals surface area contributed by atoms with Crippen molar-refractivity contribution in [1.29, 1.82) is 0 Å². The van der Waals surface area contributed by atoms with Crippen LogP contribution in [0.3, 0.4) is 0 Å². The predicted octanol–water partition coefficient (Wildman–Crippen LogP) is 2.03. The zero-order valence-corrected chi connectivity index (χ0v) is 11.5. The number of hydrogen-bond donors (Lipinski definition) is 3. The number of nitrogens with one attached hydrogen (secondary N) is 1. The molecule has 1 unspecified atom stereocenters. The molecule has 0 saturated carbocycles. The summed E-state index contributed by atoms with van der Waals surface area (Å²) < 4.78 is 1.16. The maximum Gasteiger partial charge on any atom is 0.143 e. The van der Waals surface area contributed by atoms with Gasteiger partial charge in [0.15, 0.2) is 0 Å². The van der Waals surface area contributed by atoms with Crippen LogP contribution in [0.4, 0.5) is 0 Å². The van der Waals surface area contributed by atoms with Crippen molar-refractivity contribution in [2.75, 3.05) is 13.1 Å². The molecule has 0 aliphatic rings. The Labute approximate surface area is 108 Å². The third-order valence-electron chi connectivity index (χ3n) is 2.25. The first-order valence-corrected chi connectivity index (χ1v) is 6.66. The maximum absolute atomic E-state index is 8.47. The molecule has 16 heavy (non-hydrogen) atoms. The summed E-state index contributed by atoms with van der Waals surface area (Å²) in [5, 5.41) is 14.7. The van der Waals surface area contributed by atoms with Crippen molar-refractivity contribution in [3.05, 3.63) is 20.8 Å². The molecule has 1 aromatic heterocycles. The van der Waals surface area contributed by atoms with Crippen molar-refractivity contribution < 1.29 is 5.21 Å². The Morgan fingerprint density at radius 2 is 2.44 bits per heavy atom. The molecule has 1 heterocycles. The monoisotopic (exact) mass is 305 g/mol. The summed E-state index contributed by atoms with van der Waals surface area (Å²) in [6.07, 6.45) is 0.999. The van der Waals surface area contributed by atoms with Crippen molar-refractivity contribution in [3.8, 4) is 0 Å². The number of halogens is 1. The number of oxime groups is 1. The molecule has 0 radical (unpaired) electrons. The van der Waals surface area contributed by atoms with Gasteiger partial charge in [-0.05, 0) is 41.0 Å². The van der Waals surface area contributed by atoms with Gasteiger partial charge < -0.3 is 16.3 Å². The molecule has 1 atom stereocenters. The minimum Gasteiger partial charge on any atom is -0.409 e. The maximum atomic E-state index is 8.47. The second-order valence-corrected chi connectivity index (χ2v) is 6.13. The van der Waals surface area contributed by atoms with Crippen LogP contribution in [-0.4, -0.2) is 24.1 Å². The van der Waals surface area contributed by atoms with Crippen molar-refractivity contribution in [2.24, 2.45) is 16.8 Å². The molecule has 1 aromatic rings. The highest BCUT2D eigenvalue weighted by Crippen LogP contribution is 2.21. The van der Waals surface area contributed by atoms with E-state index in [9.17, 15) is 0 Å². The number of nitrogens with zero attached hydrogens (tertiary/aromatic N) is 1. The van der Waals surface area contributed by atoms with E-state index in [0.717, 1.165) is 23.3 Å². The number of thiophene rings is 1. The fraction of sp³-hybridized carbons (Fsp3) is 0.500. The van der Waals surface area contributed by atoms with Crippen molar-refractivity contribution in [2.45, 2.75) is 13.3 Å². The quantitative estimate of drug-likeness (QED) is 0.248. The van der Waals surface area contributed by atoms with Gasteiger partial charge in [0.1, 0.15) is 5.84 Å². The summed E-state index contributed by atoms with van der Waals surface area (Å²) >= 11 is 5.18. The zero-order chi connectivity index (χ0) is 12.0. The Morgan fingerprint density at radius 3 is 3.00 bits per heavy atom. The van der Waals surface area contributed by atoms with Crippen LogP contribution in [-0.2, 0) is 6.42 Å². The minimum atomic E-state index is 0.0556. The third-order valence-corrected chi connectivity index (χ3v) is 3.93. The fourth-order valence-electron chi connectivity index (χ4n) is 1.22. The van der Waals surface area contributed by atoms with Gasteiger partial charge >= 0.3 is 0 Å². The molecule has 0 spiro atoms. The van der Waals surface area contributed by atoms with Gasteiger partial charge in [-0.15, -0.1) is 11.3 Å². The van der Waals surface area contributed by atoms with Gasteiger partial charge in [-0.1, -0.05) is 12.1 Å². The number of nitrogens with two attached hydrogens (primary N) is 1. The highest BCUT2D eigenvalue weighted by Gasteiger charge is 2.06. The summed E-state index contributed by atoms with van der Waals surface area (Å²) in [6, 6.07) is 4.17. The second-order valence-electron chi connectivity index (χ2n) is 3.59. The van der Waals surface area contributed by atoms with Gasteiger partial charge in [0.05, 0.1) is 3.79 Å². The predicted molar refractivity (Wildman–Crippen MR) is 71.2 cm³/mol. The standard InChI is InChI=1S/C10H16BrN3OS/c1-7(10(12)14-15)6-13-5-4-8-2-3-9(11)16-8/h2-3,7,13,15H,4-6H2,1H3,(H2,12,14). The SMILES string of the molecule is CC(CNCCc1ccc(Br)s1)/C(N)=N/O. The molecule has 0 fully saturated rings. The van der Waals surface area contributed by atoms with Crippen LogP contribution in [0.15, 0.2) is 21.1 Å². The molecule has 0 aliphatic carbocycles. The lowest BCUT2D eigenvalue weighted by Gasteiger charge is -2.10. The molecular formula is C10H16BrN3OS. The molecule has 4 N–H and O–H groups in total. The summed E-state index contributed by atoms with van der Waals surface area (Å²) in [5.41, 5.74) is 5.47. The van der Waals surface area contributed by atoms with E-state index in [-0.39, 0.29) is 11.8 Å². The van der Waals surface area contributed by atoms with E-state index in [4.69, 9.17) is 10.9 Å². The van der Waals surface area contributed by atoms with E-state index in [2.05, 4.69) is 38.5 Å². The van der Waals surface area contributed by atoms with E-state index in [0.29, 0.717) is 0 Å². The Balaban J connectivity index is 2.17. The van der Waals surface area contributed by atoms with E-state index < -0.39 is 0 Å². The molecule has 90 valence electrons. The fourth-order valence-corrected chi connectivity index (χ4v) is 2.70. The largest absolute Gasteiger partial charge is 0.409 e. The molecular weight excluding hydrogens is 290 g/mol. The normalized spacial score (nSPS) is 14.0. The van der Waals surface area contributed by atoms with Crippen LogP contribution in [0.1, 0.15) is 11.8 Å². The first-order chi connectivity index (χ1) is 7.63. The lowest BCUT2D eigenvalue weighted by molar-refractivity contribution is 0.314. The van der Waals surface area contributed by atoms with Gasteiger partial charge in [0.2, 0.25) is 0 Å². The average molecular weight is 306 g/mol. The average Bonchev–Trinajstić information content (AvgIpc) is 2.69. The molecule has 0 bridgehead atoms. The summed E-state index contributed by atoms with van der Waals surface area (Å²) in [5.74, 6) is 0.325. The van der Waals surface area contributed by atoms with Crippen LogP contribution in [0.2, 0.25) is 0 Å². The molecule has 1 rings (SSSR count). The van der Waals surface area contributed by atoms with Gasteiger partial charge in [0, 0.05) is 17.3 Å². The highest BCUT2D eigenvalue weighted by atomic mass is 79.9. The Morgan fingerprint density at radius 1 is 1.69 bits per heavy atom. The van der Waals surface area contributed by atoms with Gasteiger partial charge in [0.25, 0.3) is 0 Å². The molecule has 4 nitrogen and oxygen atoms in total. The molecule has 0 saturated heterocycles. The van der Waals surface area contributed by atoms with Crippen LogP contribution >= 0.6 is 27.3 Å². The summed E-state index contributed by atoms with van der Waals surface area (Å²) in [6.45, 7) is 3.54. The molecule has 0 aliphatic heterocycles. The number of rotatable bonds is 6. The molecule has 6 heteroatoms. The van der Waals surface area contributed by atoms with Crippen LogP contribution in [0.5, 0.6) is 0 Å². The molecule has 0 amide bonds. The van der Waals surface area contributed by atoms with E-state index in [1.54, 1.807) is 11.3 Å². The highest BCUT2D eigenvalue weighted by molar-refractivity contribution is 9.11. The number of hydrogen-bond acceptors (Lipinski definition) is 4. The van der Waals surface area contributed by atoms with Crippen molar-refractivity contribution >= 4 is 33.1 Å². The van der Waals surface area contributed by atoms with E-state index in [1.165, 1.54) is 4.88 Å². The Hall–Kier alpha value is -0.590. The van der Waals surface area contributed by atoms with Crippen LogP contribution in [0.25, 0.3) is 0 Å². The first-order valence-electron chi connectivity index (χ1n) is 5.06. The Bertz CT molecular complexity index is 354. The minimum absolute atomic E-state index is 0.0556. The smallest absolute Gasteiger partial charge is 0.143 e. The van der Waals surface area contributed by atoms with E-state index in [1.807, 2.05) is 6.92 Å². The lowest BCUT2D eigenvalue weighted by atomic mass is 10.1. The van der Waals surface area contributed by atoms with Crippen molar-refractivity contribution in [1.82, 2.24) is 5.32 Å². The topological polar surface area (TPSA) is 70.6 Å².